The molecule has 1 rings (SSSR count). The van der Waals surface area contributed by atoms with E-state index in [0.29, 0.717) is 5.22 Å². The predicted molar refractivity (Wildman–Crippen MR) is 52.2 cm³/mol. The zero-order valence-corrected chi connectivity index (χ0v) is 8.35. The molecule has 0 fully saturated rings. The standard InChI is InChI=1S/C10H13ClO/c1-10(2,3)7-6-8-4-5-9(11)12-8/h4-7H,1-3H3/b7-6+. The van der Waals surface area contributed by atoms with Crippen LogP contribution in [0.5, 0.6) is 0 Å². The van der Waals surface area contributed by atoms with Crippen molar-refractivity contribution in [2.24, 2.45) is 5.41 Å². The fourth-order valence-corrected chi connectivity index (χ4v) is 0.902. The topological polar surface area (TPSA) is 13.1 Å². The number of allylic oxidation sites excluding steroid dienone is 1. The molecule has 0 amide bonds. The summed E-state index contributed by atoms with van der Waals surface area (Å²) in [5, 5.41) is 0.434. The highest BCUT2D eigenvalue weighted by molar-refractivity contribution is 6.28. The lowest BCUT2D eigenvalue weighted by atomic mass is 9.96. The summed E-state index contributed by atoms with van der Waals surface area (Å²) < 4.78 is 5.16. The Balaban J connectivity index is 2.70. The third-order valence-corrected chi connectivity index (χ3v) is 1.54. The average Bonchev–Trinajstić information content (AvgIpc) is 2.30. The monoisotopic (exact) mass is 184 g/mol. The van der Waals surface area contributed by atoms with Gasteiger partial charge in [-0.15, -0.1) is 0 Å². The molecule has 0 aliphatic carbocycles. The van der Waals surface area contributed by atoms with Crippen molar-refractivity contribution in [3.8, 4) is 0 Å². The summed E-state index contributed by atoms with van der Waals surface area (Å²) in [4.78, 5) is 0. The van der Waals surface area contributed by atoms with Gasteiger partial charge in [-0.2, -0.15) is 0 Å². The van der Waals surface area contributed by atoms with E-state index in [9.17, 15) is 0 Å². The van der Waals surface area contributed by atoms with E-state index in [4.69, 9.17) is 16.0 Å². The largest absolute Gasteiger partial charge is 0.445 e. The molecule has 0 aliphatic heterocycles. The summed E-state index contributed by atoms with van der Waals surface area (Å²) in [7, 11) is 0. The molecule has 1 aromatic rings. The molecule has 1 heterocycles. The molecule has 0 unspecified atom stereocenters. The van der Waals surface area contributed by atoms with Gasteiger partial charge in [-0.25, -0.2) is 0 Å². The van der Waals surface area contributed by atoms with Gasteiger partial charge in [0.15, 0.2) is 5.22 Å². The summed E-state index contributed by atoms with van der Waals surface area (Å²) in [5.74, 6) is 0.801. The second-order valence-corrected chi connectivity index (χ2v) is 4.21. The van der Waals surface area contributed by atoms with Gasteiger partial charge in [-0.05, 0) is 35.2 Å². The van der Waals surface area contributed by atoms with E-state index in [1.807, 2.05) is 12.1 Å². The fourth-order valence-electron chi connectivity index (χ4n) is 0.750. The first-order chi connectivity index (χ1) is 5.47. The van der Waals surface area contributed by atoms with Gasteiger partial charge in [0.1, 0.15) is 5.76 Å². The molecular formula is C10H13ClO. The summed E-state index contributed by atoms with van der Waals surface area (Å²) in [6.07, 6.45) is 4.02. The lowest BCUT2D eigenvalue weighted by molar-refractivity contribution is 0.537. The lowest BCUT2D eigenvalue weighted by Crippen LogP contribution is -1.97. The van der Waals surface area contributed by atoms with Crippen molar-refractivity contribution >= 4 is 17.7 Å². The molecule has 0 saturated carbocycles. The van der Waals surface area contributed by atoms with Gasteiger partial charge >= 0.3 is 0 Å². The molecule has 1 aromatic heterocycles. The van der Waals surface area contributed by atoms with Crippen LogP contribution in [-0.4, -0.2) is 0 Å². The molecule has 0 spiro atoms. The molecule has 2 heteroatoms. The van der Waals surface area contributed by atoms with Crippen LogP contribution in [0.1, 0.15) is 26.5 Å². The van der Waals surface area contributed by atoms with Crippen LogP contribution < -0.4 is 0 Å². The van der Waals surface area contributed by atoms with Crippen LogP contribution in [0.4, 0.5) is 0 Å². The molecule has 1 nitrogen and oxygen atoms in total. The predicted octanol–water partition coefficient (Wildman–Crippen LogP) is 3.99. The van der Waals surface area contributed by atoms with E-state index in [-0.39, 0.29) is 5.41 Å². The van der Waals surface area contributed by atoms with Gasteiger partial charge in [-0.1, -0.05) is 26.8 Å². The van der Waals surface area contributed by atoms with Crippen molar-refractivity contribution in [1.82, 2.24) is 0 Å². The maximum absolute atomic E-state index is 5.61. The van der Waals surface area contributed by atoms with E-state index >= 15 is 0 Å². The third-order valence-electron chi connectivity index (χ3n) is 1.34. The zero-order chi connectivity index (χ0) is 9.19. The molecule has 0 atom stereocenters. The van der Waals surface area contributed by atoms with E-state index in [1.54, 1.807) is 6.07 Å². The Labute approximate surface area is 78.0 Å². The number of hydrogen-bond acceptors (Lipinski definition) is 1. The quantitative estimate of drug-likeness (QED) is 0.643. The highest BCUT2D eigenvalue weighted by Gasteiger charge is 2.04. The van der Waals surface area contributed by atoms with Crippen molar-refractivity contribution in [1.29, 1.82) is 0 Å². The minimum absolute atomic E-state index is 0.180. The van der Waals surface area contributed by atoms with Crippen molar-refractivity contribution in [3.63, 3.8) is 0 Å². The Morgan fingerprint density at radius 1 is 1.33 bits per heavy atom. The Morgan fingerprint density at radius 2 is 2.00 bits per heavy atom. The minimum atomic E-state index is 0.180. The van der Waals surface area contributed by atoms with Crippen molar-refractivity contribution in [3.05, 3.63) is 29.2 Å². The minimum Gasteiger partial charge on any atom is -0.445 e. The van der Waals surface area contributed by atoms with Crippen LogP contribution in [0.25, 0.3) is 6.08 Å². The average molecular weight is 185 g/mol. The van der Waals surface area contributed by atoms with Crippen molar-refractivity contribution < 1.29 is 4.42 Å². The first-order valence-electron chi connectivity index (χ1n) is 3.92. The van der Waals surface area contributed by atoms with Crippen molar-refractivity contribution in [2.45, 2.75) is 20.8 Å². The smallest absolute Gasteiger partial charge is 0.193 e. The summed E-state index contributed by atoms with van der Waals surface area (Å²) in [5.41, 5.74) is 0.180. The summed E-state index contributed by atoms with van der Waals surface area (Å²) in [6.45, 7) is 6.40. The molecule has 12 heavy (non-hydrogen) atoms. The van der Waals surface area contributed by atoms with E-state index in [0.717, 1.165) is 5.76 Å². The van der Waals surface area contributed by atoms with E-state index in [1.165, 1.54) is 0 Å². The Hall–Kier alpha value is -0.690. The Kier molecular flexibility index (Phi) is 2.63. The van der Waals surface area contributed by atoms with Crippen LogP contribution >= 0.6 is 11.6 Å². The number of hydrogen-bond donors (Lipinski definition) is 0. The van der Waals surface area contributed by atoms with Gasteiger partial charge in [0.25, 0.3) is 0 Å². The Morgan fingerprint density at radius 3 is 2.42 bits per heavy atom. The molecule has 0 N–H and O–H groups in total. The van der Waals surface area contributed by atoms with Gasteiger partial charge in [0, 0.05) is 0 Å². The van der Waals surface area contributed by atoms with Gasteiger partial charge in [-0.3, -0.25) is 0 Å². The van der Waals surface area contributed by atoms with Gasteiger partial charge < -0.3 is 4.42 Å². The first-order valence-corrected chi connectivity index (χ1v) is 4.30. The summed E-state index contributed by atoms with van der Waals surface area (Å²) in [6, 6.07) is 3.59. The van der Waals surface area contributed by atoms with Gasteiger partial charge in [0.05, 0.1) is 0 Å². The van der Waals surface area contributed by atoms with Crippen molar-refractivity contribution in [2.75, 3.05) is 0 Å². The second kappa shape index (κ2) is 3.36. The van der Waals surface area contributed by atoms with E-state index < -0.39 is 0 Å². The molecule has 0 aromatic carbocycles. The van der Waals surface area contributed by atoms with Crippen LogP contribution in [0.3, 0.4) is 0 Å². The fraction of sp³-hybridized carbons (Fsp3) is 0.400. The molecule has 0 radical (unpaired) electrons. The highest BCUT2D eigenvalue weighted by Crippen LogP contribution is 2.19. The van der Waals surface area contributed by atoms with Crippen LogP contribution in [-0.2, 0) is 0 Å². The number of rotatable bonds is 1. The van der Waals surface area contributed by atoms with Crippen LogP contribution in [0, 0.1) is 5.41 Å². The molecular weight excluding hydrogens is 172 g/mol. The number of halogens is 1. The zero-order valence-electron chi connectivity index (χ0n) is 7.60. The third kappa shape index (κ3) is 3.14. The van der Waals surface area contributed by atoms with E-state index in [2.05, 4.69) is 26.8 Å². The molecule has 0 saturated heterocycles. The second-order valence-electron chi connectivity index (χ2n) is 3.84. The molecule has 66 valence electrons. The first kappa shape index (κ1) is 9.40. The SMILES string of the molecule is CC(C)(C)/C=C/c1ccc(Cl)o1. The maximum atomic E-state index is 5.61. The van der Waals surface area contributed by atoms with Crippen LogP contribution in [0.15, 0.2) is 22.6 Å². The summed E-state index contributed by atoms with van der Waals surface area (Å²) >= 11 is 5.61. The van der Waals surface area contributed by atoms with Gasteiger partial charge in [0.2, 0.25) is 0 Å². The Bertz CT molecular complexity index is 278. The lowest BCUT2D eigenvalue weighted by Gasteiger charge is -2.10. The normalized spacial score (nSPS) is 12.7. The molecule has 0 aliphatic rings. The molecule has 0 bridgehead atoms. The van der Waals surface area contributed by atoms with Crippen LogP contribution in [0.2, 0.25) is 5.22 Å². The highest BCUT2D eigenvalue weighted by atomic mass is 35.5. The maximum Gasteiger partial charge on any atom is 0.193 e. The number of furan rings is 1.